The normalized spacial score (nSPS) is 11.3. The van der Waals surface area contributed by atoms with Gasteiger partial charge in [-0.2, -0.15) is 0 Å². The lowest BCUT2D eigenvalue weighted by molar-refractivity contribution is 1.05. The number of para-hydroxylation sites is 2. The van der Waals surface area contributed by atoms with Crippen LogP contribution in [0.2, 0.25) is 0 Å². The van der Waals surface area contributed by atoms with Crippen LogP contribution in [0.15, 0.2) is 84.9 Å². The topological polar surface area (TPSA) is 30.7 Å². The summed E-state index contributed by atoms with van der Waals surface area (Å²) in [6.07, 6.45) is 0. The zero-order chi connectivity index (χ0) is 17.5. The summed E-state index contributed by atoms with van der Waals surface area (Å²) >= 11 is 0. The lowest BCUT2D eigenvalue weighted by Crippen LogP contribution is -1.98. The Morgan fingerprint density at radius 2 is 1.35 bits per heavy atom. The van der Waals surface area contributed by atoms with Gasteiger partial charge in [0.25, 0.3) is 0 Å². The fourth-order valence-electron chi connectivity index (χ4n) is 3.61. The fourth-order valence-corrected chi connectivity index (χ4v) is 3.61. The Labute approximate surface area is 151 Å². The molecular weight excluding hydrogens is 318 g/mol. The van der Waals surface area contributed by atoms with Gasteiger partial charge in [-0.15, -0.1) is 0 Å². The van der Waals surface area contributed by atoms with Gasteiger partial charge < -0.3 is 0 Å². The lowest BCUT2D eigenvalue weighted by Gasteiger charge is -2.08. The van der Waals surface area contributed by atoms with E-state index in [1.165, 1.54) is 5.39 Å². The van der Waals surface area contributed by atoms with Gasteiger partial charge in [-0.05, 0) is 25.1 Å². The van der Waals surface area contributed by atoms with E-state index in [4.69, 9.17) is 9.97 Å². The van der Waals surface area contributed by atoms with E-state index in [0.29, 0.717) is 0 Å². The summed E-state index contributed by atoms with van der Waals surface area (Å²) < 4.78 is 2.23. The summed E-state index contributed by atoms with van der Waals surface area (Å²) in [6, 6.07) is 29.2. The van der Waals surface area contributed by atoms with Crippen LogP contribution >= 0.6 is 0 Å². The van der Waals surface area contributed by atoms with Crippen LogP contribution in [0.4, 0.5) is 0 Å². The molecular formula is C23H17N3. The van der Waals surface area contributed by atoms with Crippen LogP contribution in [0, 0.1) is 6.92 Å². The zero-order valence-electron chi connectivity index (χ0n) is 14.4. The molecule has 0 aliphatic heterocycles. The number of fused-ring (bicyclic) bond motifs is 3. The highest BCUT2D eigenvalue weighted by Gasteiger charge is 2.18. The molecule has 0 saturated carbocycles. The van der Waals surface area contributed by atoms with Crippen molar-refractivity contribution in [2.45, 2.75) is 6.92 Å². The number of hydrogen-bond donors (Lipinski definition) is 0. The predicted molar refractivity (Wildman–Crippen MR) is 107 cm³/mol. The molecule has 2 aromatic heterocycles. The number of hydrogen-bond acceptors (Lipinski definition) is 2. The first-order chi connectivity index (χ1) is 12.8. The molecule has 0 unspecified atom stereocenters. The molecule has 0 N–H and O–H groups in total. The molecule has 5 aromatic rings. The van der Waals surface area contributed by atoms with E-state index in [1.807, 2.05) is 19.1 Å². The van der Waals surface area contributed by atoms with E-state index >= 15 is 0 Å². The van der Waals surface area contributed by atoms with Gasteiger partial charge >= 0.3 is 0 Å². The average molecular weight is 335 g/mol. The van der Waals surface area contributed by atoms with Crippen molar-refractivity contribution in [3.8, 4) is 16.9 Å². The molecule has 0 aliphatic rings. The number of rotatable bonds is 2. The van der Waals surface area contributed by atoms with Crippen molar-refractivity contribution < 1.29 is 0 Å². The van der Waals surface area contributed by atoms with E-state index in [1.54, 1.807) is 0 Å². The molecule has 26 heavy (non-hydrogen) atoms. The lowest BCUT2D eigenvalue weighted by atomic mass is 10.1. The Morgan fingerprint density at radius 3 is 2.12 bits per heavy atom. The van der Waals surface area contributed by atoms with Crippen LogP contribution in [-0.2, 0) is 0 Å². The summed E-state index contributed by atoms with van der Waals surface area (Å²) in [5, 5.41) is 2.27. The Kier molecular flexibility index (Phi) is 3.32. The molecule has 0 aliphatic carbocycles. The summed E-state index contributed by atoms with van der Waals surface area (Å²) in [4.78, 5) is 9.63. The van der Waals surface area contributed by atoms with Gasteiger partial charge in [0.1, 0.15) is 11.5 Å². The first-order valence-electron chi connectivity index (χ1n) is 8.71. The van der Waals surface area contributed by atoms with Gasteiger partial charge in [0.05, 0.1) is 16.6 Å². The third-order valence-corrected chi connectivity index (χ3v) is 4.69. The minimum absolute atomic E-state index is 0.774. The van der Waals surface area contributed by atoms with Gasteiger partial charge in [0.2, 0.25) is 0 Å². The van der Waals surface area contributed by atoms with Crippen LogP contribution in [-0.4, -0.2) is 14.5 Å². The summed E-state index contributed by atoms with van der Waals surface area (Å²) in [5.74, 6) is 0.774. The molecule has 0 spiro atoms. The SMILES string of the molecule is Cc1nc(-c2ccccc2)c2c3ccccc3n(-c3ccccc3)c2n1. The van der Waals surface area contributed by atoms with E-state index in [-0.39, 0.29) is 0 Å². The maximum absolute atomic E-state index is 4.83. The molecule has 124 valence electrons. The quantitative estimate of drug-likeness (QED) is 0.423. The second-order valence-electron chi connectivity index (χ2n) is 6.37. The van der Waals surface area contributed by atoms with Gasteiger partial charge in [-0.25, -0.2) is 9.97 Å². The highest BCUT2D eigenvalue weighted by atomic mass is 15.1. The Balaban J connectivity index is 1.99. The average Bonchev–Trinajstić information content (AvgIpc) is 3.02. The van der Waals surface area contributed by atoms with Crippen LogP contribution in [0.1, 0.15) is 5.82 Å². The van der Waals surface area contributed by atoms with E-state index in [2.05, 4.69) is 77.4 Å². The second-order valence-corrected chi connectivity index (χ2v) is 6.37. The van der Waals surface area contributed by atoms with Crippen molar-refractivity contribution in [1.82, 2.24) is 14.5 Å². The minimum Gasteiger partial charge on any atom is -0.294 e. The number of nitrogens with zero attached hydrogens (tertiary/aromatic N) is 3. The molecule has 0 bridgehead atoms. The monoisotopic (exact) mass is 335 g/mol. The fraction of sp³-hybridized carbons (Fsp3) is 0.0435. The zero-order valence-corrected chi connectivity index (χ0v) is 14.4. The summed E-state index contributed by atoms with van der Waals surface area (Å²) in [7, 11) is 0. The van der Waals surface area contributed by atoms with Crippen LogP contribution in [0.5, 0.6) is 0 Å². The first kappa shape index (κ1) is 14.8. The van der Waals surface area contributed by atoms with Gasteiger partial charge in [-0.3, -0.25) is 4.57 Å². The standard InChI is InChI=1S/C23H17N3/c1-16-24-22(17-10-4-2-5-11-17)21-19-14-8-9-15-20(19)26(23(21)25-16)18-12-6-3-7-13-18/h2-15H,1H3. The molecule has 0 atom stereocenters. The van der Waals surface area contributed by atoms with Gasteiger partial charge in [-0.1, -0.05) is 66.7 Å². The van der Waals surface area contributed by atoms with Crippen LogP contribution in [0.3, 0.4) is 0 Å². The third-order valence-electron chi connectivity index (χ3n) is 4.69. The van der Waals surface area contributed by atoms with Crippen molar-refractivity contribution in [2.75, 3.05) is 0 Å². The van der Waals surface area contributed by atoms with Crippen molar-refractivity contribution in [3.63, 3.8) is 0 Å². The molecule has 0 saturated heterocycles. The molecule has 3 aromatic carbocycles. The van der Waals surface area contributed by atoms with Crippen molar-refractivity contribution in [2.24, 2.45) is 0 Å². The maximum atomic E-state index is 4.83. The molecule has 0 amide bonds. The van der Waals surface area contributed by atoms with Crippen molar-refractivity contribution >= 4 is 21.9 Å². The maximum Gasteiger partial charge on any atom is 0.149 e. The smallest absolute Gasteiger partial charge is 0.149 e. The first-order valence-corrected chi connectivity index (χ1v) is 8.71. The molecule has 2 heterocycles. The Morgan fingerprint density at radius 1 is 0.692 bits per heavy atom. The molecule has 5 rings (SSSR count). The summed E-state index contributed by atoms with van der Waals surface area (Å²) in [6.45, 7) is 1.96. The number of benzene rings is 3. The van der Waals surface area contributed by atoms with E-state index in [0.717, 1.165) is 39.3 Å². The third kappa shape index (κ3) is 2.21. The molecule has 0 radical (unpaired) electrons. The van der Waals surface area contributed by atoms with Crippen LogP contribution < -0.4 is 0 Å². The van der Waals surface area contributed by atoms with Gasteiger partial charge in [0, 0.05) is 16.6 Å². The van der Waals surface area contributed by atoms with Crippen molar-refractivity contribution in [1.29, 1.82) is 0 Å². The van der Waals surface area contributed by atoms with E-state index < -0.39 is 0 Å². The predicted octanol–water partition coefficient (Wildman–Crippen LogP) is 5.55. The van der Waals surface area contributed by atoms with Crippen LogP contribution in [0.25, 0.3) is 38.9 Å². The molecule has 3 nitrogen and oxygen atoms in total. The Bertz CT molecular complexity index is 1220. The molecule has 3 heteroatoms. The highest BCUT2D eigenvalue weighted by Crippen LogP contribution is 2.36. The largest absolute Gasteiger partial charge is 0.294 e. The molecule has 0 fully saturated rings. The van der Waals surface area contributed by atoms with Crippen molar-refractivity contribution in [3.05, 3.63) is 90.8 Å². The number of aromatic nitrogens is 3. The number of aryl methyl sites for hydroxylation is 1. The minimum atomic E-state index is 0.774. The second kappa shape index (κ2) is 5.81. The summed E-state index contributed by atoms with van der Waals surface area (Å²) in [5.41, 5.74) is 5.29. The highest BCUT2D eigenvalue weighted by molar-refractivity contribution is 6.13. The Hall–Kier alpha value is -3.46. The van der Waals surface area contributed by atoms with Gasteiger partial charge in [0.15, 0.2) is 0 Å². The van der Waals surface area contributed by atoms with E-state index in [9.17, 15) is 0 Å².